The number of halogens is 1. The van der Waals surface area contributed by atoms with Crippen LogP contribution in [0.4, 0.5) is 4.39 Å². The Balaban J connectivity index is 2.48. The molecular formula is C16H15FN4O2. The summed E-state index contributed by atoms with van der Waals surface area (Å²) in [5.74, 6) is -0.722. The van der Waals surface area contributed by atoms with Crippen molar-refractivity contribution in [3.63, 3.8) is 0 Å². The molecule has 0 aliphatic carbocycles. The maximum Gasteiger partial charge on any atom is 0.329 e. The number of carbonyl (C=O) groups is 1. The molecule has 0 saturated carbocycles. The van der Waals surface area contributed by atoms with Crippen molar-refractivity contribution < 1.29 is 18.7 Å². The van der Waals surface area contributed by atoms with Crippen molar-refractivity contribution >= 4 is 17.8 Å². The van der Waals surface area contributed by atoms with Crippen molar-refractivity contribution in [1.82, 2.24) is 9.78 Å². The van der Waals surface area contributed by atoms with Gasteiger partial charge in [0.05, 0.1) is 24.9 Å². The Morgan fingerprint density at radius 3 is 2.65 bits per heavy atom. The molecule has 0 spiro atoms. The molecule has 0 aliphatic heterocycles. The smallest absolute Gasteiger partial charge is 0.329 e. The van der Waals surface area contributed by atoms with Gasteiger partial charge in [0.25, 0.3) is 5.78 Å². The van der Waals surface area contributed by atoms with Crippen molar-refractivity contribution in [3.05, 3.63) is 58.9 Å². The number of aryl methyl sites for hydroxylation is 1. The molecule has 1 aromatic carbocycles. The number of hydrogen-bond acceptors (Lipinski definition) is 3. The van der Waals surface area contributed by atoms with Crippen LogP contribution in [0.15, 0.2) is 30.8 Å². The Bertz CT molecular complexity index is 802. The first kappa shape index (κ1) is 16.3. The lowest BCUT2D eigenvalue weighted by atomic mass is 10.1. The zero-order chi connectivity index (χ0) is 17.0. The molecule has 0 saturated heterocycles. The lowest BCUT2D eigenvalue weighted by Gasteiger charge is -2.06. The number of ketones is 1. The molecule has 0 aliphatic rings. The van der Waals surface area contributed by atoms with Crippen LogP contribution in [0, 0.1) is 6.92 Å². The summed E-state index contributed by atoms with van der Waals surface area (Å²) in [4.78, 5) is 14.8. The molecule has 0 N–H and O–H groups in total. The van der Waals surface area contributed by atoms with Crippen molar-refractivity contribution in [2.45, 2.75) is 13.5 Å². The number of carbonyl (C=O) groups excluding carboxylic acids is 1. The number of rotatable bonds is 6. The molecule has 118 valence electrons. The quantitative estimate of drug-likeness (QED) is 0.356. The number of Topliss-reactive ketones (excluding diaryl/α,β-unsaturated/α-hetero) is 1. The van der Waals surface area contributed by atoms with Gasteiger partial charge in [-0.15, -0.1) is 0 Å². The first-order valence-corrected chi connectivity index (χ1v) is 6.74. The van der Waals surface area contributed by atoms with E-state index < -0.39 is 11.6 Å². The molecule has 1 aromatic heterocycles. The molecule has 23 heavy (non-hydrogen) atoms. The van der Waals surface area contributed by atoms with Crippen molar-refractivity contribution in [2.75, 3.05) is 7.11 Å². The lowest BCUT2D eigenvalue weighted by Crippen LogP contribution is -2.14. The zero-order valence-corrected chi connectivity index (χ0v) is 12.8. The summed E-state index contributed by atoms with van der Waals surface area (Å²) in [6.07, 6.45) is 0.702. The van der Waals surface area contributed by atoms with Gasteiger partial charge >= 0.3 is 6.21 Å². The average Bonchev–Trinajstić information content (AvgIpc) is 2.84. The van der Waals surface area contributed by atoms with E-state index in [9.17, 15) is 9.18 Å². The summed E-state index contributed by atoms with van der Waals surface area (Å²) in [5.41, 5.74) is 9.75. The van der Waals surface area contributed by atoms with E-state index in [0.29, 0.717) is 17.7 Å². The van der Waals surface area contributed by atoms with Gasteiger partial charge in [-0.25, -0.2) is 4.39 Å². The normalized spacial score (nSPS) is 10.0. The zero-order valence-electron chi connectivity index (χ0n) is 12.8. The molecule has 0 atom stereocenters. The Kier molecular flexibility index (Phi) is 4.83. The van der Waals surface area contributed by atoms with Crippen LogP contribution >= 0.6 is 0 Å². The Hall–Kier alpha value is -3.05. The van der Waals surface area contributed by atoms with Gasteiger partial charge in [-0.2, -0.15) is 9.89 Å². The fourth-order valence-electron chi connectivity index (χ4n) is 2.29. The van der Waals surface area contributed by atoms with Crippen molar-refractivity contribution in [3.8, 4) is 5.75 Å². The van der Waals surface area contributed by atoms with E-state index in [1.165, 1.54) is 4.68 Å². The monoisotopic (exact) mass is 314 g/mol. The van der Waals surface area contributed by atoms with E-state index in [1.807, 2.05) is 12.1 Å². The highest BCUT2D eigenvalue weighted by molar-refractivity contribution is 6.33. The van der Waals surface area contributed by atoms with E-state index >= 15 is 0 Å². The van der Waals surface area contributed by atoms with E-state index in [4.69, 9.17) is 10.3 Å². The second kappa shape index (κ2) is 6.81. The highest BCUT2D eigenvalue weighted by Crippen LogP contribution is 2.24. The van der Waals surface area contributed by atoms with E-state index in [2.05, 4.69) is 16.5 Å². The first-order valence-electron chi connectivity index (χ1n) is 6.74. The molecule has 7 heteroatoms. The topological polar surface area (TPSA) is 80.5 Å². The van der Waals surface area contributed by atoms with Crippen LogP contribution in [0.3, 0.4) is 0 Å². The first-order chi connectivity index (χ1) is 11.0. The van der Waals surface area contributed by atoms with Gasteiger partial charge in [-0.3, -0.25) is 9.48 Å². The largest absolute Gasteiger partial charge is 0.497 e. The number of benzene rings is 1. The van der Waals surface area contributed by atoms with E-state index in [-0.39, 0.29) is 17.8 Å². The third-order valence-electron chi connectivity index (χ3n) is 3.30. The maximum atomic E-state index is 13.7. The number of hydrogen-bond donors (Lipinski definition) is 0. The van der Waals surface area contributed by atoms with Crippen LogP contribution < -0.4 is 4.74 Å². The number of nitrogens with zero attached hydrogens (tertiary/aromatic N) is 4. The van der Waals surface area contributed by atoms with Crippen LogP contribution in [0.25, 0.3) is 11.4 Å². The Morgan fingerprint density at radius 2 is 2.13 bits per heavy atom. The van der Waals surface area contributed by atoms with Crippen LogP contribution in [-0.4, -0.2) is 33.7 Å². The Morgan fingerprint density at radius 1 is 1.48 bits per heavy atom. The van der Waals surface area contributed by atoms with Crippen molar-refractivity contribution in [1.29, 1.82) is 0 Å². The van der Waals surface area contributed by atoms with Gasteiger partial charge in [0.15, 0.2) is 0 Å². The van der Waals surface area contributed by atoms with E-state index in [0.717, 1.165) is 5.56 Å². The second-order valence-electron chi connectivity index (χ2n) is 4.83. The van der Waals surface area contributed by atoms with Gasteiger partial charge in [-0.05, 0) is 24.6 Å². The van der Waals surface area contributed by atoms with Gasteiger partial charge in [-0.1, -0.05) is 18.7 Å². The van der Waals surface area contributed by atoms with Gasteiger partial charge in [0.1, 0.15) is 17.3 Å². The van der Waals surface area contributed by atoms with Crippen LogP contribution in [-0.2, 0) is 6.54 Å². The lowest BCUT2D eigenvalue weighted by molar-refractivity contribution is 0.00224. The average molecular weight is 314 g/mol. The molecular weight excluding hydrogens is 299 g/mol. The van der Waals surface area contributed by atoms with E-state index in [1.54, 1.807) is 26.2 Å². The van der Waals surface area contributed by atoms with Crippen LogP contribution in [0.2, 0.25) is 0 Å². The highest BCUT2D eigenvalue weighted by atomic mass is 19.1. The Labute approximate surface area is 132 Å². The number of ether oxygens (including phenoxy) is 1. The van der Waals surface area contributed by atoms with Gasteiger partial charge < -0.3 is 10.3 Å². The molecule has 2 aromatic rings. The number of methoxy groups -OCH3 is 1. The summed E-state index contributed by atoms with van der Waals surface area (Å²) in [7, 11) is 1.57. The fraction of sp³-hybridized carbons (Fsp3) is 0.188. The molecule has 0 amide bonds. The number of aromatic nitrogens is 2. The van der Waals surface area contributed by atoms with Crippen molar-refractivity contribution in [2.24, 2.45) is 0 Å². The summed E-state index contributed by atoms with van der Waals surface area (Å²) in [6.45, 7) is 5.07. The molecule has 0 bridgehead atoms. The fourth-order valence-corrected chi connectivity index (χ4v) is 2.29. The summed E-state index contributed by atoms with van der Waals surface area (Å²) < 4.78 is 20.1. The standard InChI is InChI=1S/C16H15FN4O2/c1-10(17)15-11(2)20-21(16(15)14(22)8-19-18)9-12-4-6-13(23-3)7-5-12/h4-8H,1,9H2,2-3H3. The molecule has 6 nitrogen and oxygen atoms in total. The second-order valence-corrected chi connectivity index (χ2v) is 4.83. The predicted octanol–water partition coefficient (Wildman–Crippen LogP) is 2.67. The van der Waals surface area contributed by atoms with Gasteiger partial charge in [0, 0.05) is 0 Å². The SMILES string of the molecule is C=C(F)c1c(C)nn(Cc2ccc(OC)cc2)c1C(=O)C=[N+]=[N-]. The maximum absolute atomic E-state index is 13.7. The summed E-state index contributed by atoms with van der Waals surface area (Å²) >= 11 is 0. The predicted molar refractivity (Wildman–Crippen MR) is 83.2 cm³/mol. The minimum atomic E-state index is -0.766. The summed E-state index contributed by atoms with van der Waals surface area (Å²) in [5, 5.41) is 4.19. The van der Waals surface area contributed by atoms with Crippen LogP contribution in [0.1, 0.15) is 27.3 Å². The van der Waals surface area contributed by atoms with Crippen LogP contribution in [0.5, 0.6) is 5.75 Å². The third-order valence-corrected chi connectivity index (χ3v) is 3.30. The van der Waals surface area contributed by atoms with Gasteiger partial charge in [0.2, 0.25) is 0 Å². The highest BCUT2D eigenvalue weighted by Gasteiger charge is 2.24. The molecule has 1 heterocycles. The summed E-state index contributed by atoms with van der Waals surface area (Å²) in [6, 6.07) is 7.18. The molecule has 0 unspecified atom stereocenters. The minimum Gasteiger partial charge on any atom is -0.497 e. The molecule has 0 fully saturated rings. The molecule has 2 rings (SSSR count). The minimum absolute atomic E-state index is 0.0105. The molecule has 0 radical (unpaired) electrons. The third kappa shape index (κ3) is 3.41.